The summed E-state index contributed by atoms with van der Waals surface area (Å²) < 4.78 is 0. The van der Waals surface area contributed by atoms with E-state index in [4.69, 9.17) is 11.6 Å². The van der Waals surface area contributed by atoms with Gasteiger partial charge in [-0.2, -0.15) is 5.26 Å². The molecular weight excluding hydrogens is 218 g/mol. The van der Waals surface area contributed by atoms with Crippen LogP contribution in [-0.2, 0) is 5.41 Å². The molecule has 0 saturated heterocycles. The molecule has 1 saturated carbocycles. The van der Waals surface area contributed by atoms with E-state index in [-0.39, 0.29) is 5.41 Å². The molecule has 0 amide bonds. The van der Waals surface area contributed by atoms with Gasteiger partial charge in [0.05, 0.1) is 11.5 Å². The van der Waals surface area contributed by atoms with Crippen molar-refractivity contribution in [2.75, 3.05) is 0 Å². The van der Waals surface area contributed by atoms with Crippen LogP contribution < -0.4 is 0 Å². The van der Waals surface area contributed by atoms with Gasteiger partial charge in [0.25, 0.3) is 0 Å². The summed E-state index contributed by atoms with van der Waals surface area (Å²) in [5.41, 5.74) is 1.78. The molecule has 0 N–H and O–H groups in total. The summed E-state index contributed by atoms with van der Waals surface area (Å²) in [6.45, 7) is 2.00. The maximum absolute atomic E-state index is 9.50. The minimum Gasteiger partial charge on any atom is -0.197 e. The first-order chi connectivity index (χ1) is 7.69. The lowest BCUT2D eigenvalue weighted by molar-refractivity contribution is 0.366. The van der Waals surface area contributed by atoms with Gasteiger partial charge in [-0.25, -0.2) is 0 Å². The zero-order valence-electron chi connectivity index (χ0n) is 9.59. The number of hydrogen-bond donors (Lipinski definition) is 0. The van der Waals surface area contributed by atoms with Crippen LogP contribution in [0.25, 0.3) is 0 Å². The third-order valence-corrected chi connectivity index (χ3v) is 4.13. The Bertz CT molecular complexity index is 425. The molecule has 0 heterocycles. The fraction of sp³-hybridized carbons (Fsp3) is 0.500. The van der Waals surface area contributed by atoms with Gasteiger partial charge in [-0.3, -0.25) is 0 Å². The van der Waals surface area contributed by atoms with E-state index < -0.39 is 0 Å². The predicted molar refractivity (Wildman–Crippen MR) is 66.6 cm³/mol. The van der Waals surface area contributed by atoms with Crippen molar-refractivity contribution in [3.8, 4) is 6.07 Å². The Morgan fingerprint density at radius 1 is 1.25 bits per heavy atom. The molecule has 1 nitrogen and oxygen atoms in total. The van der Waals surface area contributed by atoms with Crippen molar-refractivity contribution in [3.63, 3.8) is 0 Å². The van der Waals surface area contributed by atoms with Gasteiger partial charge in [-0.15, -0.1) is 0 Å². The zero-order chi connectivity index (χ0) is 11.6. The quantitative estimate of drug-likeness (QED) is 0.707. The van der Waals surface area contributed by atoms with Crippen molar-refractivity contribution < 1.29 is 0 Å². The molecule has 84 valence electrons. The molecule has 0 aliphatic heterocycles. The lowest BCUT2D eigenvalue weighted by Crippen LogP contribution is -2.27. The number of halogens is 1. The van der Waals surface area contributed by atoms with Crippen molar-refractivity contribution in [1.82, 2.24) is 0 Å². The van der Waals surface area contributed by atoms with Crippen molar-refractivity contribution in [2.45, 2.75) is 44.4 Å². The van der Waals surface area contributed by atoms with E-state index in [1.807, 2.05) is 25.1 Å². The summed E-state index contributed by atoms with van der Waals surface area (Å²) in [5.74, 6) is 0. The second kappa shape index (κ2) is 4.47. The van der Waals surface area contributed by atoms with Crippen LogP contribution >= 0.6 is 11.6 Å². The Morgan fingerprint density at radius 3 is 2.56 bits per heavy atom. The minimum atomic E-state index is -0.332. The number of nitriles is 1. The maximum Gasteiger partial charge on any atom is 0.0836 e. The van der Waals surface area contributed by atoms with Gasteiger partial charge in [-0.1, -0.05) is 49.1 Å². The van der Waals surface area contributed by atoms with Gasteiger partial charge in [0, 0.05) is 5.02 Å². The topological polar surface area (TPSA) is 23.8 Å². The molecule has 0 aromatic heterocycles. The summed E-state index contributed by atoms with van der Waals surface area (Å²) in [7, 11) is 0. The fourth-order valence-corrected chi connectivity index (χ4v) is 2.92. The monoisotopic (exact) mass is 233 g/mol. The minimum absolute atomic E-state index is 0.332. The molecule has 0 atom stereocenters. The Hall–Kier alpha value is -1.00. The van der Waals surface area contributed by atoms with Crippen LogP contribution in [0.15, 0.2) is 18.2 Å². The van der Waals surface area contributed by atoms with Gasteiger partial charge in [0.15, 0.2) is 0 Å². The van der Waals surface area contributed by atoms with E-state index in [2.05, 4.69) is 6.07 Å². The van der Waals surface area contributed by atoms with E-state index in [1.165, 1.54) is 6.42 Å². The highest BCUT2D eigenvalue weighted by Crippen LogP contribution is 2.42. The van der Waals surface area contributed by atoms with Crippen molar-refractivity contribution >= 4 is 11.6 Å². The Balaban J connectivity index is 2.48. The largest absolute Gasteiger partial charge is 0.197 e. The van der Waals surface area contributed by atoms with Crippen LogP contribution in [0.4, 0.5) is 0 Å². The van der Waals surface area contributed by atoms with Gasteiger partial charge in [0.2, 0.25) is 0 Å². The number of rotatable bonds is 1. The first-order valence-corrected chi connectivity index (χ1v) is 6.24. The molecular formula is C14H16ClN. The third-order valence-electron chi connectivity index (χ3n) is 3.63. The van der Waals surface area contributed by atoms with Crippen LogP contribution in [0.5, 0.6) is 0 Å². The first kappa shape index (κ1) is 11.5. The molecule has 1 fully saturated rings. The Morgan fingerprint density at radius 2 is 1.94 bits per heavy atom. The van der Waals surface area contributed by atoms with Crippen molar-refractivity contribution in [2.24, 2.45) is 0 Å². The van der Waals surface area contributed by atoms with E-state index in [0.717, 1.165) is 41.8 Å². The fourth-order valence-electron chi connectivity index (χ4n) is 2.61. The van der Waals surface area contributed by atoms with Gasteiger partial charge in [0.1, 0.15) is 0 Å². The number of benzene rings is 1. The second-order valence-electron chi connectivity index (χ2n) is 4.69. The molecule has 1 aliphatic rings. The predicted octanol–water partition coefficient (Wildman–Crippen LogP) is 4.37. The molecule has 1 aromatic rings. The standard InChI is InChI=1S/C14H16ClN/c1-11-6-5-7-12(13(11)15)14(10-16)8-3-2-4-9-14/h5-7H,2-4,8-9H2,1H3. The van der Waals surface area contributed by atoms with Crippen LogP contribution in [0.3, 0.4) is 0 Å². The maximum atomic E-state index is 9.50. The molecule has 1 aromatic carbocycles. The smallest absolute Gasteiger partial charge is 0.0836 e. The number of nitrogens with zero attached hydrogens (tertiary/aromatic N) is 1. The van der Waals surface area contributed by atoms with Gasteiger partial charge in [-0.05, 0) is 30.9 Å². The van der Waals surface area contributed by atoms with Crippen LogP contribution in [0.1, 0.15) is 43.2 Å². The average Bonchev–Trinajstić information content (AvgIpc) is 2.33. The molecule has 0 spiro atoms. The van der Waals surface area contributed by atoms with Crippen LogP contribution in [-0.4, -0.2) is 0 Å². The Labute approximate surface area is 102 Å². The van der Waals surface area contributed by atoms with Gasteiger partial charge >= 0.3 is 0 Å². The number of aryl methyl sites for hydroxylation is 1. The highest BCUT2D eigenvalue weighted by molar-refractivity contribution is 6.32. The van der Waals surface area contributed by atoms with E-state index >= 15 is 0 Å². The normalized spacial score (nSPS) is 19.1. The van der Waals surface area contributed by atoms with E-state index in [9.17, 15) is 5.26 Å². The average molecular weight is 234 g/mol. The van der Waals surface area contributed by atoms with Crippen molar-refractivity contribution in [3.05, 3.63) is 34.3 Å². The highest BCUT2D eigenvalue weighted by atomic mass is 35.5. The summed E-state index contributed by atoms with van der Waals surface area (Å²) in [4.78, 5) is 0. The molecule has 0 radical (unpaired) electrons. The lowest BCUT2D eigenvalue weighted by Gasteiger charge is -2.32. The summed E-state index contributed by atoms with van der Waals surface area (Å²) >= 11 is 6.34. The Kier molecular flexibility index (Phi) is 3.21. The summed E-state index contributed by atoms with van der Waals surface area (Å²) in [6.07, 6.45) is 5.42. The molecule has 0 unspecified atom stereocenters. The molecule has 1 aliphatic carbocycles. The summed E-state index contributed by atoms with van der Waals surface area (Å²) in [5, 5.41) is 10.3. The van der Waals surface area contributed by atoms with E-state index in [1.54, 1.807) is 0 Å². The third kappa shape index (κ3) is 1.83. The highest BCUT2D eigenvalue weighted by Gasteiger charge is 2.35. The van der Waals surface area contributed by atoms with Gasteiger partial charge < -0.3 is 0 Å². The molecule has 2 rings (SSSR count). The first-order valence-electron chi connectivity index (χ1n) is 5.86. The van der Waals surface area contributed by atoms with Crippen LogP contribution in [0, 0.1) is 18.3 Å². The molecule has 0 bridgehead atoms. The molecule has 2 heteroatoms. The molecule has 16 heavy (non-hydrogen) atoms. The number of hydrogen-bond acceptors (Lipinski definition) is 1. The van der Waals surface area contributed by atoms with Crippen molar-refractivity contribution in [1.29, 1.82) is 5.26 Å². The second-order valence-corrected chi connectivity index (χ2v) is 5.07. The zero-order valence-corrected chi connectivity index (χ0v) is 10.3. The van der Waals surface area contributed by atoms with Crippen LogP contribution in [0.2, 0.25) is 5.02 Å². The summed E-state index contributed by atoms with van der Waals surface area (Å²) in [6, 6.07) is 8.54. The lowest BCUT2D eigenvalue weighted by atomic mass is 9.70. The SMILES string of the molecule is Cc1cccc(C2(C#N)CCCCC2)c1Cl. The van der Waals surface area contributed by atoms with E-state index in [0.29, 0.717) is 0 Å².